The smallest absolute Gasteiger partial charge is 0.329 e. The molecule has 1 aliphatic rings. The summed E-state index contributed by atoms with van der Waals surface area (Å²) in [5, 5.41) is 9.58. The largest absolute Gasteiger partial charge is 0.479 e. The fraction of sp³-hybridized carbons (Fsp3) is 0.846. The number of hydrogen-bond acceptors (Lipinski definition) is 3. The zero-order valence-electron chi connectivity index (χ0n) is 11.6. The van der Waals surface area contributed by atoms with Gasteiger partial charge in [-0.1, -0.05) is 0 Å². The Morgan fingerprint density at radius 3 is 2.11 bits per heavy atom. The van der Waals surface area contributed by atoms with Crippen LogP contribution in [0.1, 0.15) is 46.5 Å². The number of nitrogens with zero attached hydrogens (tertiary/aromatic N) is 1. The summed E-state index contributed by atoms with van der Waals surface area (Å²) in [5.41, 5.74) is -1.06. The summed E-state index contributed by atoms with van der Waals surface area (Å²) in [4.78, 5) is 25.0. The monoisotopic (exact) mass is 257 g/mol. The van der Waals surface area contributed by atoms with Crippen molar-refractivity contribution in [3.63, 3.8) is 0 Å². The predicted molar refractivity (Wildman–Crippen MR) is 67.3 cm³/mol. The van der Waals surface area contributed by atoms with E-state index < -0.39 is 11.5 Å². The van der Waals surface area contributed by atoms with Crippen molar-refractivity contribution in [2.45, 2.75) is 64.1 Å². The lowest BCUT2D eigenvalue weighted by Crippen LogP contribution is -2.61. The number of hydrogen-bond donors (Lipinski definition) is 1. The molecule has 0 aromatic rings. The Labute approximate surface area is 108 Å². The molecule has 5 nitrogen and oxygen atoms in total. The molecule has 0 saturated heterocycles. The topological polar surface area (TPSA) is 66.8 Å². The van der Waals surface area contributed by atoms with Crippen LogP contribution in [-0.2, 0) is 14.3 Å². The summed E-state index contributed by atoms with van der Waals surface area (Å²) in [6, 6.07) is -0.113. The first-order valence-electron chi connectivity index (χ1n) is 6.41. The zero-order valence-corrected chi connectivity index (χ0v) is 11.6. The molecular formula is C13H23NO4. The molecule has 0 heterocycles. The van der Waals surface area contributed by atoms with Gasteiger partial charge in [-0.05, 0) is 39.5 Å². The first-order chi connectivity index (χ1) is 8.35. The summed E-state index contributed by atoms with van der Waals surface area (Å²) < 4.78 is 5.27. The third-order valence-electron chi connectivity index (χ3n) is 3.81. The summed E-state index contributed by atoms with van der Waals surface area (Å²) in [7, 11) is 1.64. The molecule has 0 unspecified atom stereocenters. The van der Waals surface area contributed by atoms with Crippen molar-refractivity contribution < 1.29 is 19.4 Å². The highest BCUT2D eigenvalue weighted by atomic mass is 16.5. The molecule has 1 fully saturated rings. The molecule has 0 aromatic heterocycles. The Bertz CT molecular complexity index is 319. The molecule has 0 bridgehead atoms. The molecular weight excluding hydrogens is 234 g/mol. The van der Waals surface area contributed by atoms with Gasteiger partial charge in [-0.2, -0.15) is 0 Å². The maximum Gasteiger partial charge on any atom is 0.329 e. The minimum absolute atomic E-state index is 0.110. The van der Waals surface area contributed by atoms with Crippen molar-refractivity contribution in [2.75, 3.05) is 7.11 Å². The fourth-order valence-corrected chi connectivity index (χ4v) is 3.02. The highest BCUT2D eigenvalue weighted by molar-refractivity contribution is 5.86. The number of carbonyl (C=O) groups is 2. The zero-order chi connectivity index (χ0) is 13.9. The Balaban J connectivity index is 3.01. The number of methoxy groups -OCH3 is 1. The van der Waals surface area contributed by atoms with E-state index in [4.69, 9.17) is 4.74 Å². The maximum atomic E-state index is 11.8. The van der Waals surface area contributed by atoms with Crippen molar-refractivity contribution in [2.24, 2.45) is 0 Å². The molecule has 0 aromatic carbocycles. The number of rotatable bonds is 4. The van der Waals surface area contributed by atoms with Crippen molar-refractivity contribution in [3.05, 3.63) is 0 Å². The second-order valence-corrected chi connectivity index (χ2v) is 5.25. The van der Waals surface area contributed by atoms with Gasteiger partial charge in [0.2, 0.25) is 5.91 Å². The van der Waals surface area contributed by atoms with Gasteiger partial charge in [0.1, 0.15) is 5.54 Å². The Kier molecular flexibility index (Phi) is 4.73. The van der Waals surface area contributed by atoms with E-state index in [-0.39, 0.29) is 18.1 Å². The van der Waals surface area contributed by atoms with E-state index in [0.29, 0.717) is 25.7 Å². The molecule has 1 rings (SSSR count). The third-order valence-corrected chi connectivity index (χ3v) is 3.81. The first-order valence-corrected chi connectivity index (χ1v) is 6.41. The standard InChI is InChI=1S/C13H23NO4/c1-9(2)14(10(3)15)13(12(16)17)7-5-11(18-4)6-8-13/h9,11H,5-8H2,1-4H3,(H,16,17). The van der Waals surface area contributed by atoms with Crippen molar-refractivity contribution in [1.82, 2.24) is 4.90 Å². The average Bonchev–Trinajstić information content (AvgIpc) is 2.28. The minimum atomic E-state index is -1.06. The van der Waals surface area contributed by atoms with Gasteiger partial charge in [0.25, 0.3) is 0 Å². The summed E-state index contributed by atoms with van der Waals surface area (Å²) in [6.07, 6.45) is 2.38. The van der Waals surface area contributed by atoms with Gasteiger partial charge in [0, 0.05) is 20.1 Å². The Morgan fingerprint density at radius 2 is 1.83 bits per heavy atom. The minimum Gasteiger partial charge on any atom is -0.479 e. The molecule has 104 valence electrons. The van der Waals surface area contributed by atoms with E-state index in [0.717, 1.165) is 0 Å². The molecule has 5 heteroatoms. The van der Waals surface area contributed by atoms with Crippen LogP contribution in [0.5, 0.6) is 0 Å². The lowest BCUT2D eigenvalue weighted by atomic mass is 9.78. The number of carboxylic acids is 1. The number of amides is 1. The molecule has 1 saturated carbocycles. The highest BCUT2D eigenvalue weighted by Crippen LogP contribution is 2.36. The molecule has 0 aliphatic heterocycles. The van der Waals surface area contributed by atoms with Crippen LogP contribution in [0.2, 0.25) is 0 Å². The van der Waals surface area contributed by atoms with Crippen LogP contribution in [0, 0.1) is 0 Å². The Hall–Kier alpha value is -1.10. The third kappa shape index (κ3) is 2.66. The SMILES string of the molecule is COC1CCC(C(=O)O)(N(C(C)=O)C(C)C)CC1. The number of carbonyl (C=O) groups excluding carboxylic acids is 1. The number of aliphatic carboxylic acids is 1. The fourth-order valence-electron chi connectivity index (χ4n) is 3.02. The van der Waals surface area contributed by atoms with E-state index in [9.17, 15) is 14.7 Å². The van der Waals surface area contributed by atoms with Crippen LogP contribution in [0.15, 0.2) is 0 Å². The van der Waals surface area contributed by atoms with E-state index in [1.165, 1.54) is 11.8 Å². The molecule has 1 aliphatic carbocycles. The quantitative estimate of drug-likeness (QED) is 0.831. The normalized spacial score (nSPS) is 28.2. The second-order valence-electron chi connectivity index (χ2n) is 5.25. The molecule has 1 N–H and O–H groups in total. The molecule has 0 spiro atoms. The lowest BCUT2D eigenvalue weighted by Gasteiger charge is -2.46. The van der Waals surface area contributed by atoms with Gasteiger partial charge in [-0.15, -0.1) is 0 Å². The van der Waals surface area contributed by atoms with Gasteiger partial charge < -0.3 is 14.7 Å². The van der Waals surface area contributed by atoms with E-state index in [1.54, 1.807) is 7.11 Å². The Morgan fingerprint density at radius 1 is 1.33 bits per heavy atom. The van der Waals surface area contributed by atoms with Gasteiger partial charge in [0.05, 0.1) is 6.10 Å². The van der Waals surface area contributed by atoms with Crippen LogP contribution in [0.3, 0.4) is 0 Å². The maximum absolute atomic E-state index is 11.8. The van der Waals surface area contributed by atoms with E-state index >= 15 is 0 Å². The van der Waals surface area contributed by atoms with Crippen molar-refractivity contribution in [3.8, 4) is 0 Å². The summed E-state index contributed by atoms with van der Waals surface area (Å²) in [6.45, 7) is 5.15. The summed E-state index contributed by atoms with van der Waals surface area (Å²) in [5.74, 6) is -1.08. The van der Waals surface area contributed by atoms with Crippen LogP contribution in [0.4, 0.5) is 0 Å². The van der Waals surface area contributed by atoms with E-state index in [2.05, 4.69) is 0 Å². The molecule has 0 radical (unpaired) electrons. The predicted octanol–water partition coefficient (Wildman–Crippen LogP) is 1.66. The van der Waals surface area contributed by atoms with Crippen molar-refractivity contribution in [1.29, 1.82) is 0 Å². The average molecular weight is 257 g/mol. The second kappa shape index (κ2) is 5.69. The van der Waals surface area contributed by atoms with Gasteiger partial charge in [-0.25, -0.2) is 4.79 Å². The number of carboxylic acid groups (broad SMARTS) is 1. The molecule has 1 amide bonds. The van der Waals surface area contributed by atoms with Gasteiger partial charge in [0.15, 0.2) is 0 Å². The number of ether oxygens (including phenoxy) is 1. The first kappa shape index (κ1) is 15.0. The molecule has 0 atom stereocenters. The summed E-state index contributed by atoms with van der Waals surface area (Å²) >= 11 is 0. The van der Waals surface area contributed by atoms with Gasteiger partial charge >= 0.3 is 5.97 Å². The van der Waals surface area contributed by atoms with Crippen molar-refractivity contribution >= 4 is 11.9 Å². The van der Waals surface area contributed by atoms with Crippen LogP contribution in [0.25, 0.3) is 0 Å². The highest BCUT2D eigenvalue weighted by Gasteiger charge is 2.49. The van der Waals surface area contributed by atoms with Crippen LogP contribution in [-0.4, -0.2) is 46.7 Å². The lowest BCUT2D eigenvalue weighted by molar-refractivity contribution is -0.165. The van der Waals surface area contributed by atoms with Crippen LogP contribution >= 0.6 is 0 Å². The van der Waals surface area contributed by atoms with Crippen LogP contribution < -0.4 is 0 Å². The molecule has 18 heavy (non-hydrogen) atoms. The van der Waals surface area contributed by atoms with Gasteiger partial charge in [-0.3, -0.25) is 4.79 Å². The van der Waals surface area contributed by atoms with E-state index in [1.807, 2.05) is 13.8 Å².